The van der Waals surface area contributed by atoms with Crippen LogP contribution < -0.4 is 0 Å². The van der Waals surface area contributed by atoms with Crippen LogP contribution in [0.5, 0.6) is 0 Å². The normalized spacial score (nSPS) is 12.9. The zero-order valence-corrected chi connectivity index (χ0v) is 7.43. The minimum Gasteiger partial charge on any atom is -0.393 e. The molecule has 0 amide bonds. The number of halogens is 2. The largest absolute Gasteiger partial charge is 0.393 e. The van der Waals surface area contributed by atoms with Crippen LogP contribution in [-0.4, -0.2) is 11.2 Å². The molecule has 0 aromatic heterocycles. The lowest BCUT2D eigenvalue weighted by molar-refractivity contribution is 0.184. The predicted octanol–water partition coefficient (Wildman–Crippen LogP) is 2.28. The second-order valence-electron chi connectivity index (χ2n) is 3.09. The molecule has 1 aromatic rings. The van der Waals surface area contributed by atoms with Gasteiger partial charge in [-0.1, -0.05) is 6.07 Å². The number of aliphatic hydroxyl groups excluding tert-OH is 1. The maximum absolute atomic E-state index is 13.0. The molecule has 0 bridgehead atoms. The first-order valence-electron chi connectivity index (χ1n) is 4.22. The Morgan fingerprint density at radius 2 is 1.85 bits per heavy atom. The Bertz CT molecular complexity index is 264. The van der Waals surface area contributed by atoms with Gasteiger partial charge in [0.05, 0.1) is 6.10 Å². The minimum atomic E-state index is -0.541. The fourth-order valence-corrected chi connectivity index (χ4v) is 1.12. The first-order valence-corrected chi connectivity index (χ1v) is 4.22. The molecule has 1 atom stereocenters. The van der Waals surface area contributed by atoms with Crippen molar-refractivity contribution in [2.24, 2.45) is 0 Å². The fourth-order valence-electron chi connectivity index (χ4n) is 1.12. The van der Waals surface area contributed by atoms with Gasteiger partial charge in [0.15, 0.2) is 0 Å². The summed E-state index contributed by atoms with van der Waals surface area (Å²) >= 11 is 0. The molecule has 0 fully saturated rings. The molecule has 1 N–H and O–H groups in total. The molecule has 0 saturated carbocycles. The molecule has 0 aliphatic rings. The van der Waals surface area contributed by atoms with E-state index in [1.165, 1.54) is 18.2 Å². The standard InChI is InChI=1S/C10H12F2O/c1-7(13)5-6-8-9(11)3-2-4-10(8)12/h2-4,7,13H,5-6H2,1H3. The van der Waals surface area contributed by atoms with Gasteiger partial charge in [-0.2, -0.15) is 0 Å². The third-order valence-electron chi connectivity index (χ3n) is 1.87. The SMILES string of the molecule is CC(O)CCc1c(F)cccc1F. The van der Waals surface area contributed by atoms with Crippen molar-refractivity contribution in [2.45, 2.75) is 25.9 Å². The molecule has 1 rings (SSSR count). The van der Waals surface area contributed by atoms with Gasteiger partial charge >= 0.3 is 0 Å². The van der Waals surface area contributed by atoms with Crippen molar-refractivity contribution >= 4 is 0 Å². The van der Waals surface area contributed by atoms with Crippen LogP contribution in [0.1, 0.15) is 18.9 Å². The van der Waals surface area contributed by atoms with Gasteiger partial charge < -0.3 is 5.11 Å². The van der Waals surface area contributed by atoms with Crippen LogP contribution in [0.3, 0.4) is 0 Å². The van der Waals surface area contributed by atoms with Crippen molar-refractivity contribution in [1.29, 1.82) is 0 Å². The topological polar surface area (TPSA) is 20.2 Å². The van der Waals surface area contributed by atoms with E-state index in [1.807, 2.05) is 0 Å². The Labute approximate surface area is 76.0 Å². The van der Waals surface area contributed by atoms with Gasteiger partial charge in [-0.25, -0.2) is 8.78 Å². The number of benzene rings is 1. The summed E-state index contributed by atoms with van der Waals surface area (Å²) < 4.78 is 26.0. The van der Waals surface area contributed by atoms with Crippen LogP contribution in [0.15, 0.2) is 18.2 Å². The van der Waals surface area contributed by atoms with Gasteiger partial charge in [0.1, 0.15) is 11.6 Å². The number of hydrogen-bond donors (Lipinski definition) is 1. The molecular weight excluding hydrogens is 174 g/mol. The van der Waals surface area contributed by atoms with E-state index in [-0.39, 0.29) is 12.0 Å². The zero-order chi connectivity index (χ0) is 9.84. The maximum atomic E-state index is 13.0. The molecule has 1 aromatic carbocycles. The lowest BCUT2D eigenvalue weighted by Crippen LogP contribution is -2.04. The number of aliphatic hydroxyl groups is 1. The quantitative estimate of drug-likeness (QED) is 0.767. The average Bonchev–Trinajstić information content (AvgIpc) is 2.03. The Kier molecular flexibility index (Phi) is 3.37. The molecule has 0 radical (unpaired) electrons. The third kappa shape index (κ3) is 2.77. The molecule has 0 aliphatic heterocycles. The highest BCUT2D eigenvalue weighted by Crippen LogP contribution is 2.14. The second kappa shape index (κ2) is 4.33. The molecule has 72 valence electrons. The summed E-state index contributed by atoms with van der Waals surface area (Å²) in [5, 5.41) is 8.95. The lowest BCUT2D eigenvalue weighted by Gasteiger charge is -2.06. The molecule has 0 spiro atoms. The van der Waals surface area contributed by atoms with Crippen LogP contribution in [0.4, 0.5) is 8.78 Å². The Hall–Kier alpha value is -0.960. The fraction of sp³-hybridized carbons (Fsp3) is 0.400. The smallest absolute Gasteiger partial charge is 0.129 e. The van der Waals surface area contributed by atoms with Crippen molar-refractivity contribution < 1.29 is 13.9 Å². The molecular formula is C10H12F2O. The Morgan fingerprint density at radius 3 is 2.31 bits per heavy atom. The summed E-state index contributed by atoms with van der Waals surface area (Å²) in [4.78, 5) is 0. The van der Waals surface area contributed by atoms with E-state index in [2.05, 4.69) is 0 Å². The van der Waals surface area contributed by atoms with E-state index < -0.39 is 17.7 Å². The lowest BCUT2D eigenvalue weighted by atomic mass is 10.1. The van der Waals surface area contributed by atoms with Crippen LogP contribution >= 0.6 is 0 Å². The van der Waals surface area contributed by atoms with Crippen LogP contribution in [-0.2, 0) is 6.42 Å². The highest BCUT2D eigenvalue weighted by Gasteiger charge is 2.08. The van der Waals surface area contributed by atoms with Gasteiger partial charge in [-0.15, -0.1) is 0 Å². The summed E-state index contributed by atoms with van der Waals surface area (Å²) in [5.74, 6) is -1.08. The van der Waals surface area contributed by atoms with E-state index in [4.69, 9.17) is 5.11 Å². The van der Waals surface area contributed by atoms with Crippen molar-refractivity contribution in [2.75, 3.05) is 0 Å². The monoisotopic (exact) mass is 186 g/mol. The second-order valence-corrected chi connectivity index (χ2v) is 3.09. The molecule has 0 saturated heterocycles. The summed E-state index contributed by atoms with van der Waals surface area (Å²) in [6.45, 7) is 1.60. The third-order valence-corrected chi connectivity index (χ3v) is 1.87. The van der Waals surface area contributed by atoms with Gasteiger partial charge in [0.2, 0.25) is 0 Å². The van der Waals surface area contributed by atoms with Crippen LogP contribution in [0.25, 0.3) is 0 Å². The van der Waals surface area contributed by atoms with Gasteiger partial charge in [-0.3, -0.25) is 0 Å². The first kappa shape index (κ1) is 10.1. The Morgan fingerprint density at radius 1 is 1.31 bits per heavy atom. The predicted molar refractivity (Wildman–Crippen MR) is 46.4 cm³/mol. The summed E-state index contributed by atoms with van der Waals surface area (Å²) in [6, 6.07) is 3.78. The van der Waals surface area contributed by atoms with Crippen molar-refractivity contribution in [3.05, 3.63) is 35.4 Å². The van der Waals surface area contributed by atoms with Crippen LogP contribution in [0, 0.1) is 11.6 Å². The molecule has 0 aliphatic carbocycles. The minimum absolute atomic E-state index is 0.0587. The maximum Gasteiger partial charge on any atom is 0.129 e. The van der Waals surface area contributed by atoms with Crippen molar-refractivity contribution in [3.8, 4) is 0 Å². The highest BCUT2D eigenvalue weighted by atomic mass is 19.1. The first-order chi connectivity index (χ1) is 6.11. The van der Waals surface area contributed by atoms with E-state index in [1.54, 1.807) is 6.92 Å². The zero-order valence-electron chi connectivity index (χ0n) is 7.43. The number of rotatable bonds is 3. The Balaban J connectivity index is 2.75. The molecule has 3 heteroatoms. The van der Waals surface area contributed by atoms with E-state index in [9.17, 15) is 8.78 Å². The highest BCUT2D eigenvalue weighted by molar-refractivity contribution is 5.19. The van der Waals surface area contributed by atoms with Crippen LogP contribution in [0.2, 0.25) is 0 Å². The number of hydrogen-bond acceptors (Lipinski definition) is 1. The van der Waals surface area contributed by atoms with Crippen molar-refractivity contribution in [3.63, 3.8) is 0 Å². The van der Waals surface area contributed by atoms with Gasteiger partial charge in [0, 0.05) is 5.56 Å². The van der Waals surface area contributed by atoms with E-state index >= 15 is 0 Å². The molecule has 1 nitrogen and oxygen atoms in total. The average molecular weight is 186 g/mol. The molecule has 1 unspecified atom stereocenters. The van der Waals surface area contributed by atoms with E-state index in [0.29, 0.717) is 6.42 Å². The van der Waals surface area contributed by atoms with Crippen molar-refractivity contribution in [1.82, 2.24) is 0 Å². The van der Waals surface area contributed by atoms with E-state index in [0.717, 1.165) is 0 Å². The summed E-state index contributed by atoms with van der Waals surface area (Å²) in [7, 11) is 0. The summed E-state index contributed by atoms with van der Waals surface area (Å²) in [5.41, 5.74) is 0.0587. The summed E-state index contributed by atoms with van der Waals surface area (Å²) in [6.07, 6.45) is 0.0765. The molecule has 13 heavy (non-hydrogen) atoms. The van der Waals surface area contributed by atoms with Gasteiger partial charge in [0.25, 0.3) is 0 Å². The van der Waals surface area contributed by atoms with Gasteiger partial charge in [-0.05, 0) is 31.9 Å². The molecule has 0 heterocycles.